The van der Waals surface area contributed by atoms with Crippen molar-refractivity contribution < 1.29 is 13.2 Å². The summed E-state index contributed by atoms with van der Waals surface area (Å²) in [5.74, 6) is 2.43. The van der Waals surface area contributed by atoms with E-state index in [1.165, 1.54) is 62.4 Å². The van der Waals surface area contributed by atoms with Crippen molar-refractivity contribution in [1.29, 1.82) is 0 Å². The fourth-order valence-electron chi connectivity index (χ4n) is 5.01. The SMILES string of the molecule is CNS(=O)(=O)N[C@H]1CC[C@H](CCCN2CCC(Cc3cc(OC)ccc3Br)CC2)CC1. The van der Waals surface area contributed by atoms with Crippen LogP contribution in [0, 0.1) is 11.8 Å². The topological polar surface area (TPSA) is 70.7 Å². The summed E-state index contributed by atoms with van der Waals surface area (Å²) in [6, 6.07) is 6.35. The number of nitrogens with one attached hydrogen (secondary N) is 2. The van der Waals surface area contributed by atoms with Crippen LogP contribution in [-0.4, -0.2) is 53.2 Å². The summed E-state index contributed by atoms with van der Waals surface area (Å²) < 4.78 is 34.9. The first kappa shape index (κ1) is 25.0. The third kappa shape index (κ3) is 8.00. The molecule has 0 bridgehead atoms. The first-order valence-electron chi connectivity index (χ1n) is 11.6. The lowest BCUT2D eigenvalue weighted by atomic mass is 9.83. The first-order chi connectivity index (χ1) is 14.9. The van der Waals surface area contributed by atoms with Gasteiger partial charge in [0.25, 0.3) is 10.2 Å². The number of benzene rings is 1. The van der Waals surface area contributed by atoms with Crippen LogP contribution in [0.25, 0.3) is 0 Å². The van der Waals surface area contributed by atoms with Gasteiger partial charge in [0.05, 0.1) is 7.11 Å². The molecule has 1 saturated carbocycles. The number of nitrogens with zero attached hydrogens (tertiary/aromatic N) is 1. The van der Waals surface area contributed by atoms with Crippen LogP contribution in [-0.2, 0) is 16.6 Å². The second-order valence-electron chi connectivity index (χ2n) is 9.13. The van der Waals surface area contributed by atoms with Crippen molar-refractivity contribution in [2.24, 2.45) is 11.8 Å². The number of halogens is 1. The quantitative estimate of drug-likeness (QED) is 0.491. The molecule has 0 radical (unpaired) electrons. The molecule has 0 spiro atoms. The minimum absolute atomic E-state index is 0.0948. The molecule has 176 valence electrons. The Bertz CT molecular complexity index is 789. The first-order valence-corrected chi connectivity index (χ1v) is 13.9. The lowest BCUT2D eigenvalue weighted by Crippen LogP contribution is -2.42. The molecule has 1 saturated heterocycles. The number of methoxy groups -OCH3 is 1. The van der Waals surface area contributed by atoms with Crippen LogP contribution in [0.2, 0.25) is 0 Å². The van der Waals surface area contributed by atoms with Gasteiger partial charge in [-0.25, -0.2) is 4.72 Å². The van der Waals surface area contributed by atoms with Gasteiger partial charge in [0, 0.05) is 17.6 Å². The summed E-state index contributed by atoms with van der Waals surface area (Å²) in [7, 11) is -0.137. The Morgan fingerprint density at radius 1 is 1.10 bits per heavy atom. The molecular weight excluding hydrogens is 478 g/mol. The van der Waals surface area contributed by atoms with E-state index in [0.29, 0.717) is 0 Å². The highest BCUT2D eigenvalue weighted by Gasteiger charge is 2.25. The summed E-state index contributed by atoms with van der Waals surface area (Å²) >= 11 is 3.69. The van der Waals surface area contributed by atoms with E-state index in [2.05, 4.69) is 42.4 Å². The molecule has 2 aliphatic rings. The Hall–Kier alpha value is -0.670. The Kier molecular flexibility index (Phi) is 9.65. The number of ether oxygens (including phenoxy) is 1. The molecule has 0 amide bonds. The van der Waals surface area contributed by atoms with E-state index in [9.17, 15) is 8.42 Å². The van der Waals surface area contributed by atoms with Gasteiger partial charge in [-0.05, 0) is 113 Å². The Morgan fingerprint density at radius 2 is 1.81 bits per heavy atom. The minimum atomic E-state index is -3.31. The van der Waals surface area contributed by atoms with Crippen LogP contribution in [0.15, 0.2) is 22.7 Å². The molecule has 2 fully saturated rings. The maximum Gasteiger partial charge on any atom is 0.276 e. The normalized spacial score (nSPS) is 23.7. The molecule has 0 aromatic heterocycles. The van der Waals surface area contributed by atoms with Crippen molar-refractivity contribution in [3.05, 3.63) is 28.2 Å². The number of hydrogen-bond acceptors (Lipinski definition) is 4. The summed E-state index contributed by atoms with van der Waals surface area (Å²) in [6.07, 6.45) is 10.3. The summed E-state index contributed by atoms with van der Waals surface area (Å²) in [6.45, 7) is 3.59. The lowest BCUT2D eigenvalue weighted by molar-refractivity contribution is 0.175. The van der Waals surface area contributed by atoms with Gasteiger partial charge in [0.2, 0.25) is 0 Å². The van der Waals surface area contributed by atoms with Crippen molar-refractivity contribution in [3.8, 4) is 5.75 Å². The third-order valence-corrected chi connectivity index (χ3v) is 8.95. The van der Waals surface area contributed by atoms with Crippen LogP contribution in [0.5, 0.6) is 5.75 Å². The van der Waals surface area contributed by atoms with Crippen LogP contribution in [0.1, 0.15) is 56.9 Å². The molecule has 1 heterocycles. The molecule has 1 aliphatic carbocycles. The zero-order chi connectivity index (χ0) is 22.3. The number of piperidine rings is 1. The average Bonchev–Trinajstić information content (AvgIpc) is 2.77. The fraction of sp³-hybridized carbons (Fsp3) is 0.739. The van der Waals surface area contributed by atoms with Crippen LogP contribution < -0.4 is 14.2 Å². The number of hydrogen-bond donors (Lipinski definition) is 2. The van der Waals surface area contributed by atoms with Gasteiger partial charge in [0.15, 0.2) is 0 Å². The zero-order valence-corrected chi connectivity index (χ0v) is 21.3. The van der Waals surface area contributed by atoms with Crippen molar-refractivity contribution in [2.75, 3.05) is 33.8 Å². The van der Waals surface area contributed by atoms with Gasteiger partial charge in [-0.1, -0.05) is 15.9 Å². The van der Waals surface area contributed by atoms with E-state index in [-0.39, 0.29) is 6.04 Å². The van der Waals surface area contributed by atoms with E-state index in [4.69, 9.17) is 4.74 Å². The minimum Gasteiger partial charge on any atom is -0.497 e. The molecule has 0 unspecified atom stereocenters. The van der Waals surface area contributed by atoms with Gasteiger partial charge >= 0.3 is 0 Å². The van der Waals surface area contributed by atoms with Crippen molar-refractivity contribution >= 4 is 26.1 Å². The highest BCUT2D eigenvalue weighted by molar-refractivity contribution is 9.10. The van der Waals surface area contributed by atoms with E-state index in [1.54, 1.807) is 7.11 Å². The van der Waals surface area contributed by atoms with E-state index < -0.39 is 10.2 Å². The molecule has 1 aliphatic heterocycles. The number of rotatable bonds is 10. The number of likely N-dealkylation sites (tertiary alicyclic amines) is 1. The predicted molar refractivity (Wildman–Crippen MR) is 130 cm³/mol. The molecule has 6 nitrogen and oxygen atoms in total. The second-order valence-corrected chi connectivity index (χ2v) is 11.6. The molecule has 2 N–H and O–H groups in total. The zero-order valence-electron chi connectivity index (χ0n) is 18.9. The third-order valence-electron chi connectivity index (χ3n) is 6.99. The van der Waals surface area contributed by atoms with Gasteiger partial charge in [0.1, 0.15) is 5.75 Å². The second kappa shape index (κ2) is 12.0. The van der Waals surface area contributed by atoms with Crippen LogP contribution >= 0.6 is 15.9 Å². The molecule has 1 aromatic carbocycles. The maximum absolute atomic E-state index is 11.6. The lowest BCUT2D eigenvalue weighted by Gasteiger charge is -2.33. The van der Waals surface area contributed by atoms with E-state index in [1.807, 2.05) is 6.07 Å². The van der Waals surface area contributed by atoms with Crippen molar-refractivity contribution in [2.45, 2.75) is 63.8 Å². The maximum atomic E-state index is 11.6. The van der Waals surface area contributed by atoms with Crippen molar-refractivity contribution in [3.63, 3.8) is 0 Å². The average molecular weight is 517 g/mol. The summed E-state index contributed by atoms with van der Waals surface area (Å²) in [5.41, 5.74) is 1.35. The highest BCUT2D eigenvalue weighted by Crippen LogP contribution is 2.30. The molecule has 0 atom stereocenters. The predicted octanol–water partition coefficient (Wildman–Crippen LogP) is 4.11. The fourth-order valence-corrected chi connectivity index (χ4v) is 6.21. The van der Waals surface area contributed by atoms with Crippen LogP contribution in [0.3, 0.4) is 0 Å². The summed E-state index contributed by atoms with van der Waals surface area (Å²) in [4.78, 5) is 2.63. The standard InChI is InChI=1S/C23H38BrN3O3S/c1-25-31(28,29)26-21-7-5-18(6-8-21)4-3-13-27-14-11-19(12-15-27)16-20-17-22(30-2)9-10-23(20)24/h9-10,17-19,21,25-26H,3-8,11-16H2,1-2H3/t18-,21-. The monoisotopic (exact) mass is 515 g/mol. The molecule has 1 aromatic rings. The Morgan fingerprint density at radius 3 is 2.45 bits per heavy atom. The van der Waals surface area contributed by atoms with Gasteiger partial charge < -0.3 is 9.64 Å². The molecule has 8 heteroatoms. The Balaban J connectivity index is 1.31. The Labute approximate surface area is 196 Å². The molecular formula is C23H38BrN3O3S. The largest absolute Gasteiger partial charge is 0.497 e. The summed E-state index contributed by atoms with van der Waals surface area (Å²) in [5, 5.41) is 0. The van der Waals surface area contributed by atoms with Crippen molar-refractivity contribution in [1.82, 2.24) is 14.3 Å². The highest BCUT2D eigenvalue weighted by atomic mass is 79.9. The van der Waals surface area contributed by atoms with E-state index in [0.717, 1.165) is 49.7 Å². The van der Waals surface area contributed by atoms with Gasteiger partial charge in [-0.15, -0.1) is 0 Å². The van der Waals surface area contributed by atoms with Crippen LogP contribution in [0.4, 0.5) is 0 Å². The molecule has 31 heavy (non-hydrogen) atoms. The van der Waals surface area contributed by atoms with Gasteiger partial charge in [-0.3, -0.25) is 0 Å². The smallest absolute Gasteiger partial charge is 0.276 e. The molecule has 3 rings (SSSR count). The van der Waals surface area contributed by atoms with Gasteiger partial charge in [-0.2, -0.15) is 13.1 Å². The van der Waals surface area contributed by atoms with E-state index >= 15 is 0 Å².